The normalized spacial score (nSPS) is 20.0. The van der Waals surface area contributed by atoms with Gasteiger partial charge in [-0.1, -0.05) is 30.0 Å². The predicted molar refractivity (Wildman–Crippen MR) is 69.5 cm³/mol. The Balaban J connectivity index is 2.14. The second-order valence-corrected chi connectivity index (χ2v) is 4.58. The standard InChI is InChI=1S/C15H19NO/c1-13-6-4-10-16(13)12-15-8-3-2-7-14(15)9-5-11-17/h2-3,7-8,13,17H,4,6,10-12H2,1H3. The quantitative estimate of drug-likeness (QED) is 0.784. The van der Waals surface area contributed by atoms with Gasteiger partial charge < -0.3 is 5.11 Å². The van der Waals surface area contributed by atoms with Gasteiger partial charge in [-0.15, -0.1) is 0 Å². The van der Waals surface area contributed by atoms with Crippen molar-refractivity contribution in [3.05, 3.63) is 35.4 Å². The summed E-state index contributed by atoms with van der Waals surface area (Å²) in [4.78, 5) is 2.50. The SMILES string of the molecule is CC1CCCN1Cc1ccccc1C#CCO. The van der Waals surface area contributed by atoms with Gasteiger partial charge in [0.2, 0.25) is 0 Å². The highest BCUT2D eigenvalue weighted by atomic mass is 16.2. The average Bonchev–Trinajstić information content (AvgIpc) is 2.74. The maximum atomic E-state index is 8.76. The van der Waals surface area contributed by atoms with Crippen molar-refractivity contribution in [2.45, 2.75) is 32.4 Å². The van der Waals surface area contributed by atoms with Gasteiger partial charge in [0.05, 0.1) is 0 Å². The van der Waals surface area contributed by atoms with Crippen molar-refractivity contribution in [3.63, 3.8) is 0 Å². The molecule has 17 heavy (non-hydrogen) atoms. The molecule has 2 heteroatoms. The molecule has 1 aromatic carbocycles. The Morgan fingerprint density at radius 3 is 2.94 bits per heavy atom. The van der Waals surface area contributed by atoms with E-state index >= 15 is 0 Å². The van der Waals surface area contributed by atoms with E-state index in [0.717, 1.165) is 12.1 Å². The van der Waals surface area contributed by atoms with Crippen LogP contribution in [0.1, 0.15) is 30.9 Å². The summed E-state index contributed by atoms with van der Waals surface area (Å²) in [5, 5.41) is 8.76. The summed E-state index contributed by atoms with van der Waals surface area (Å²) in [5.74, 6) is 5.75. The first-order valence-electron chi connectivity index (χ1n) is 6.23. The van der Waals surface area contributed by atoms with E-state index in [1.807, 2.05) is 12.1 Å². The Bertz CT molecular complexity index is 430. The highest BCUT2D eigenvalue weighted by Crippen LogP contribution is 2.20. The zero-order valence-electron chi connectivity index (χ0n) is 10.3. The van der Waals surface area contributed by atoms with Crippen LogP contribution in [0.15, 0.2) is 24.3 Å². The molecule has 1 aliphatic rings. The van der Waals surface area contributed by atoms with Gasteiger partial charge in [0, 0.05) is 18.2 Å². The summed E-state index contributed by atoms with van der Waals surface area (Å²) in [6, 6.07) is 8.89. The molecule has 1 N–H and O–H groups in total. The van der Waals surface area contributed by atoms with Crippen LogP contribution < -0.4 is 0 Å². The molecule has 0 aromatic heterocycles. The molecular formula is C15H19NO. The first-order chi connectivity index (χ1) is 8.31. The minimum atomic E-state index is -0.0749. The fourth-order valence-corrected chi connectivity index (χ4v) is 2.36. The van der Waals surface area contributed by atoms with Crippen LogP contribution >= 0.6 is 0 Å². The Hall–Kier alpha value is -1.30. The Morgan fingerprint density at radius 2 is 2.24 bits per heavy atom. The lowest BCUT2D eigenvalue weighted by Crippen LogP contribution is -2.26. The molecule has 0 spiro atoms. The summed E-state index contributed by atoms with van der Waals surface area (Å²) in [6.07, 6.45) is 2.59. The smallest absolute Gasteiger partial charge is 0.104 e. The number of hydrogen-bond donors (Lipinski definition) is 1. The molecule has 1 unspecified atom stereocenters. The third-order valence-corrected chi connectivity index (χ3v) is 3.38. The summed E-state index contributed by atoms with van der Waals surface area (Å²) >= 11 is 0. The highest BCUT2D eigenvalue weighted by Gasteiger charge is 2.20. The number of rotatable bonds is 2. The van der Waals surface area contributed by atoms with Gasteiger partial charge in [0.15, 0.2) is 0 Å². The van der Waals surface area contributed by atoms with Crippen LogP contribution in [0.5, 0.6) is 0 Å². The van der Waals surface area contributed by atoms with E-state index in [0.29, 0.717) is 6.04 Å². The zero-order chi connectivity index (χ0) is 12.1. The molecule has 0 radical (unpaired) electrons. The molecule has 2 nitrogen and oxygen atoms in total. The molecule has 0 amide bonds. The summed E-state index contributed by atoms with van der Waals surface area (Å²) in [6.45, 7) is 4.36. The van der Waals surface area contributed by atoms with Gasteiger partial charge in [-0.3, -0.25) is 4.90 Å². The number of hydrogen-bond acceptors (Lipinski definition) is 2. The largest absolute Gasteiger partial charge is 0.384 e. The first-order valence-corrected chi connectivity index (χ1v) is 6.23. The summed E-state index contributed by atoms with van der Waals surface area (Å²) < 4.78 is 0. The molecule has 90 valence electrons. The molecule has 1 heterocycles. The van der Waals surface area contributed by atoms with Crippen molar-refractivity contribution >= 4 is 0 Å². The monoisotopic (exact) mass is 229 g/mol. The highest BCUT2D eigenvalue weighted by molar-refractivity contribution is 5.41. The third kappa shape index (κ3) is 3.09. The molecule has 1 aromatic rings. The number of nitrogens with zero attached hydrogens (tertiary/aromatic N) is 1. The average molecular weight is 229 g/mol. The van der Waals surface area contributed by atoms with Gasteiger partial charge in [-0.2, -0.15) is 0 Å². The van der Waals surface area contributed by atoms with Crippen LogP contribution in [0.3, 0.4) is 0 Å². The second kappa shape index (κ2) is 5.86. The van der Waals surface area contributed by atoms with Crippen molar-refractivity contribution in [1.29, 1.82) is 0 Å². The minimum absolute atomic E-state index is 0.0749. The molecule has 1 aliphatic heterocycles. The van der Waals surface area contributed by atoms with E-state index in [1.165, 1.54) is 24.9 Å². The molecule has 1 fully saturated rings. The fraction of sp³-hybridized carbons (Fsp3) is 0.467. The topological polar surface area (TPSA) is 23.5 Å². The van der Waals surface area contributed by atoms with E-state index in [1.54, 1.807) is 0 Å². The summed E-state index contributed by atoms with van der Waals surface area (Å²) in [7, 11) is 0. The van der Waals surface area contributed by atoms with Crippen LogP contribution in [0.4, 0.5) is 0 Å². The lowest BCUT2D eigenvalue weighted by atomic mass is 10.1. The van der Waals surface area contributed by atoms with Crippen LogP contribution in [0.25, 0.3) is 0 Å². The van der Waals surface area contributed by atoms with Gasteiger partial charge in [-0.25, -0.2) is 0 Å². The Labute approximate surface area is 103 Å². The van der Waals surface area contributed by atoms with Gasteiger partial charge in [0.1, 0.15) is 6.61 Å². The van der Waals surface area contributed by atoms with Crippen molar-refractivity contribution in [1.82, 2.24) is 4.90 Å². The zero-order valence-corrected chi connectivity index (χ0v) is 10.3. The lowest BCUT2D eigenvalue weighted by molar-refractivity contribution is 0.260. The molecule has 1 atom stereocenters. The minimum Gasteiger partial charge on any atom is -0.384 e. The maximum absolute atomic E-state index is 8.76. The number of aliphatic hydroxyl groups is 1. The fourth-order valence-electron chi connectivity index (χ4n) is 2.36. The predicted octanol–water partition coefficient (Wildman–Crippen LogP) is 2.01. The Morgan fingerprint density at radius 1 is 1.41 bits per heavy atom. The van der Waals surface area contributed by atoms with E-state index in [2.05, 4.69) is 35.8 Å². The van der Waals surface area contributed by atoms with Crippen LogP contribution in [0.2, 0.25) is 0 Å². The van der Waals surface area contributed by atoms with Gasteiger partial charge >= 0.3 is 0 Å². The number of benzene rings is 1. The van der Waals surface area contributed by atoms with Crippen LogP contribution in [0, 0.1) is 11.8 Å². The van der Waals surface area contributed by atoms with Gasteiger partial charge in [-0.05, 0) is 37.9 Å². The van der Waals surface area contributed by atoms with Crippen molar-refractivity contribution < 1.29 is 5.11 Å². The molecular weight excluding hydrogens is 210 g/mol. The van der Waals surface area contributed by atoms with E-state index in [9.17, 15) is 0 Å². The lowest BCUT2D eigenvalue weighted by Gasteiger charge is -2.21. The van der Waals surface area contributed by atoms with E-state index < -0.39 is 0 Å². The molecule has 1 saturated heterocycles. The third-order valence-electron chi connectivity index (χ3n) is 3.38. The number of aliphatic hydroxyl groups excluding tert-OH is 1. The second-order valence-electron chi connectivity index (χ2n) is 4.58. The number of likely N-dealkylation sites (tertiary alicyclic amines) is 1. The van der Waals surface area contributed by atoms with Crippen molar-refractivity contribution in [2.24, 2.45) is 0 Å². The molecule has 0 saturated carbocycles. The maximum Gasteiger partial charge on any atom is 0.104 e. The van der Waals surface area contributed by atoms with Gasteiger partial charge in [0.25, 0.3) is 0 Å². The summed E-state index contributed by atoms with van der Waals surface area (Å²) in [5.41, 5.74) is 2.31. The Kier molecular flexibility index (Phi) is 4.19. The molecule has 0 aliphatic carbocycles. The van der Waals surface area contributed by atoms with Crippen molar-refractivity contribution in [3.8, 4) is 11.8 Å². The van der Waals surface area contributed by atoms with Crippen LogP contribution in [-0.2, 0) is 6.54 Å². The molecule has 2 rings (SSSR count). The first kappa shape index (κ1) is 12.2. The van der Waals surface area contributed by atoms with Crippen molar-refractivity contribution in [2.75, 3.05) is 13.2 Å². The van der Waals surface area contributed by atoms with E-state index in [-0.39, 0.29) is 6.61 Å². The molecule has 0 bridgehead atoms. The van der Waals surface area contributed by atoms with Crippen LogP contribution in [-0.4, -0.2) is 29.2 Å². The van der Waals surface area contributed by atoms with E-state index in [4.69, 9.17) is 5.11 Å².